The van der Waals surface area contributed by atoms with Gasteiger partial charge < -0.3 is 14.8 Å². The molecule has 146 valence electrons. The molecular formula is C22H22ClNO4. The molecule has 4 rings (SSSR count). The van der Waals surface area contributed by atoms with E-state index in [-0.39, 0.29) is 24.5 Å². The molecule has 1 amide bonds. The van der Waals surface area contributed by atoms with E-state index in [1.165, 1.54) is 5.56 Å². The number of ether oxygens (including phenoxy) is 2. The monoisotopic (exact) mass is 399 g/mol. The molecular weight excluding hydrogens is 378 g/mol. The van der Waals surface area contributed by atoms with Crippen LogP contribution < -0.4 is 10.1 Å². The molecule has 0 radical (unpaired) electrons. The molecule has 1 saturated carbocycles. The highest BCUT2D eigenvalue weighted by Gasteiger charge is 2.44. The van der Waals surface area contributed by atoms with Crippen molar-refractivity contribution in [3.05, 3.63) is 64.7 Å². The quantitative estimate of drug-likeness (QED) is 0.757. The lowest BCUT2D eigenvalue weighted by Gasteiger charge is -2.24. The van der Waals surface area contributed by atoms with Crippen LogP contribution in [0.1, 0.15) is 24.0 Å². The molecule has 1 atom stereocenters. The Morgan fingerprint density at radius 3 is 2.71 bits per heavy atom. The van der Waals surface area contributed by atoms with Gasteiger partial charge in [0.15, 0.2) is 6.61 Å². The van der Waals surface area contributed by atoms with Crippen LogP contribution in [-0.4, -0.2) is 31.6 Å². The fourth-order valence-electron chi connectivity index (χ4n) is 3.60. The minimum Gasteiger partial charge on any atom is -0.492 e. The van der Waals surface area contributed by atoms with Crippen molar-refractivity contribution in [3.8, 4) is 5.75 Å². The van der Waals surface area contributed by atoms with Crippen molar-refractivity contribution in [2.24, 2.45) is 5.92 Å². The van der Waals surface area contributed by atoms with E-state index in [1.807, 2.05) is 18.2 Å². The van der Waals surface area contributed by atoms with Crippen molar-refractivity contribution in [1.82, 2.24) is 5.32 Å². The zero-order valence-electron chi connectivity index (χ0n) is 15.4. The molecule has 1 fully saturated rings. The van der Waals surface area contributed by atoms with Crippen LogP contribution in [0.3, 0.4) is 0 Å². The smallest absolute Gasteiger partial charge is 0.313 e. The van der Waals surface area contributed by atoms with Gasteiger partial charge in [-0.05, 0) is 48.6 Å². The molecule has 2 aromatic carbocycles. The highest BCUT2D eigenvalue weighted by atomic mass is 35.5. The van der Waals surface area contributed by atoms with E-state index in [2.05, 4.69) is 17.4 Å². The van der Waals surface area contributed by atoms with Crippen LogP contribution in [0.2, 0.25) is 5.02 Å². The van der Waals surface area contributed by atoms with Gasteiger partial charge in [0.1, 0.15) is 12.4 Å². The van der Waals surface area contributed by atoms with Gasteiger partial charge in [0.2, 0.25) is 0 Å². The fraction of sp³-hybridized carbons (Fsp3) is 0.364. The average molecular weight is 400 g/mol. The molecule has 2 aromatic rings. The normalized spacial score (nSPS) is 19.1. The number of carbonyl (C=O) groups excluding carboxylic acids is 2. The number of carbonyl (C=O) groups is 2. The first-order chi connectivity index (χ1) is 13.6. The summed E-state index contributed by atoms with van der Waals surface area (Å²) in [4.78, 5) is 24.5. The zero-order valence-corrected chi connectivity index (χ0v) is 16.2. The van der Waals surface area contributed by atoms with E-state index in [0.717, 1.165) is 24.2 Å². The largest absolute Gasteiger partial charge is 0.492 e. The maximum Gasteiger partial charge on any atom is 0.313 e. The summed E-state index contributed by atoms with van der Waals surface area (Å²) < 4.78 is 10.8. The summed E-state index contributed by atoms with van der Waals surface area (Å²) in [5.41, 5.74) is 2.15. The van der Waals surface area contributed by atoms with E-state index in [4.69, 9.17) is 21.1 Å². The molecule has 1 aliphatic heterocycles. The molecule has 2 aliphatic rings. The molecule has 1 unspecified atom stereocenters. The number of hydrogen-bond donors (Lipinski definition) is 1. The Morgan fingerprint density at radius 1 is 1.18 bits per heavy atom. The Bertz CT molecular complexity index is 879. The maximum atomic E-state index is 12.3. The summed E-state index contributed by atoms with van der Waals surface area (Å²) in [5, 5.41) is 3.50. The van der Waals surface area contributed by atoms with Gasteiger partial charge in [-0.1, -0.05) is 41.9 Å². The summed E-state index contributed by atoms with van der Waals surface area (Å²) >= 11 is 6.00. The Labute approximate surface area is 169 Å². The average Bonchev–Trinajstić information content (AvgIpc) is 3.52. The van der Waals surface area contributed by atoms with Gasteiger partial charge in [0.05, 0.1) is 5.92 Å². The first kappa shape index (κ1) is 18.8. The second kappa shape index (κ2) is 7.84. The van der Waals surface area contributed by atoms with Gasteiger partial charge in [0, 0.05) is 17.0 Å². The van der Waals surface area contributed by atoms with E-state index in [1.54, 1.807) is 18.2 Å². The molecule has 1 aliphatic carbocycles. The maximum absolute atomic E-state index is 12.3. The second-order valence-corrected chi connectivity index (χ2v) is 7.93. The van der Waals surface area contributed by atoms with Crippen molar-refractivity contribution in [2.45, 2.75) is 24.7 Å². The highest BCUT2D eigenvalue weighted by molar-refractivity contribution is 6.30. The van der Waals surface area contributed by atoms with Gasteiger partial charge in [-0.3, -0.25) is 9.59 Å². The van der Waals surface area contributed by atoms with Crippen LogP contribution in [-0.2, 0) is 26.2 Å². The first-order valence-corrected chi connectivity index (χ1v) is 9.84. The summed E-state index contributed by atoms with van der Waals surface area (Å²) in [7, 11) is 0. The lowest BCUT2D eigenvalue weighted by molar-refractivity contribution is -0.153. The van der Waals surface area contributed by atoms with Gasteiger partial charge in [-0.25, -0.2) is 0 Å². The van der Waals surface area contributed by atoms with E-state index < -0.39 is 11.9 Å². The number of halogens is 1. The molecule has 5 nitrogen and oxygen atoms in total. The number of hydrogen-bond acceptors (Lipinski definition) is 4. The van der Waals surface area contributed by atoms with Crippen LogP contribution in [0.5, 0.6) is 5.75 Å². The third-order valence-corrected chi connectivity index (χ3v) is 5.71. The lowest BCUT2D eigenvalue weighted by atomic mass is 9.96. The van der Waals surface area contributed by atoms with Crippen molar-refractivity contribution in [3.63, 3.8) is 0 Å². The zero-order chi connectivity index (χ0) is 19.6. The second-order valence-electron chi connectivity index (χ2n) is 7.49. The molecule has 0 spiro atoms. The predicted octanol–water partition coefficient (Wildman–Crippen LogP) is 3.28. The third-order valence-electron chi connectivity index (χ3n) is 5.47. The van der Waals surface area contributed by atoms with E-state index in [9.17, 15) is 9.59 Å². The molecule has 28 heavy (non-hydrogen) atoms. The van der Waals surface area contributed by atoms with Crippen molar-refractivity contribution in [2.75, 3.05) is 19.8 Å². The van der Waals surface area contributed by atoms with E-state index in [0.29, 0.717) is 18.0 Å². The number of benzene rings is 2. The molecule has 0 aromatic heterocycles. The molecule has 0 bridgehead atoms. The Morgan fingerprint density at radius 2 is 1.96 bits per heavy atom. The van der Waals surface area contributed by atoms with Crippen LogP contribution >= 0.6 is 11.6 Å². The van der Waals surface area contributed by atoms with Gasteiger partial charge >= 0.3 is 5.97 Å². The predicted molar refractivity (Wildman–Crippen MR) is 105 cm³/mol. The van der Waals surface area contributed by atoms with Crippen molar-refractivity contribution >= 4 is 23.5 Å². The molecule has 1 heterocycles. The lowest BCUT2D eigenvalue weighted by Crippen LogP contribution is -2.37. The van der Waals surface area contributed by atoms with Crippen molar-refractivity contribution in [1.29, 1.82) is 0 Å². The van der Waals surface area contributed by atoms with Gasteiger partial charge in [-0.15, -0.1) is 0 Å². The molecule has 0 saturated heterocycles. The number of rotatable bonds is 6. The van der Waals surface area contributed by atoms with Crippen LogP contribution in [0.15, 0.2) is 48.5 Å². The van der Waals surface area contributed by atoms with Crippen LogP contribution in [0, 0.1) is 5.92 Å². The Kier molecular flexibility index (Phi) is 5.27. The Balaban J connectivity index is 1.25. The minimum atomic E-state index is -0.433. The number of esters is 1. The molecule has 6 heteroatoms. The number of nitrogens with one attached hydrogen (secondary N) is 1. The van der Waals surface area contributed by atoms with Crippen molar-refractivity contribution < 1.29 is 19.1 Å². The summed E-state index contributed by atoms with van der Waals surface area (Å²) in [6, 6.07) is 15.5. The standard InChI is InChI=1S/C22H22ClNO4/c23-18-6-7-19-15(11-18)10-16(12-27-19)21(26)28-13-20(25)24-14-22(8-9-22)17-4-2-1-3-5-17/h1-7,11,16H,8-10,12-14H2,(H,24,25). The molecule has 1 N–H and O–H groups in total. The summed E-state index contributed by atoms with van der Waals surface area (Å²) in [6.45, 7) is 0.528. The van der Waals surface area contributed by atoms with Gasteiger partial charge in [-0.2, -0.15) is 0 Å². The highest BCUT2D eigenvalue weighted by Crippen LogP contribution is 2.47. The summed E-state index contributed by atoms with van der Waals surface area (Å²) in [6.07, 6.45) is 2.60. The number of amides is 1. The van der Waals surface area contributed by atoms with Crippen LogP contribution in [0.25, 0.3) is 0 Å². The van der Waals surface area contributed by atoms with E-state index >= 15 is 0 Å². The van der Waals surface area contributed by atoms with Gasteiger partial charge in [0.25, 0.3) is 5.91 Å². The summed E-state index contributed by atoms with van der Waals surface area (Å²) in [5.74, 6) is -0.402. The fourth-order valence-corrected chi connectivity index (χ4v) is 3.79. The SMILES string of the molecule is O=C(COC(=O)C1COc2ccc(Cl)cc2C1)NCC1(c2ccccc2)CC1. The first-order valence-electron chi connectivity index (χ1n) is 9.46. The number of fused-ring (bicyclic) bond motifs is 1. The minimum absolute atomic E-state index is 0.0289. The van der Waals surface area contributed by atoms with Crippen LogP contribution in [0.4, 0.5) is 0 Å². The third kappa shape index (κ3) is 4.14. The Hall–Kier alpha value is -2.53. The topological polar surface area (TPSA) is 64.6 Å².